The first-order chi connectivity index (χ1) is 13.3. The Morgan fingerprint density at radius 2 is 2.00 bits per heavy atom. The molecule has 156 valence electrons. The molecule has 0 aromatic heterocycles. The Kier molecular flexibility index (Phi) is 10.3. The molecule has 9 nitrogen and oxygen atoms in total. The van der Waals surface area contributed by atoms with Gasteiger partial charge in [0.1, 0.15) is 19.4 Å². The van der Waals surface area contributed by atoms with Crippen molar-refractivity contribution < 1.29 is 38.2 Å². The van der Waals surface area contributed by atoms with Gasteiger partial charge < -0.3 is 29.3 Å². The lowest BCUT2D eigenvalue weighted by Gasteiger charge is -2.15. The number of hydrogen-bond donors (Lipinski definition) is 3. The Morgan fingerprint density at radius 1 is 1.25 bits per heavy atom. The number of carbonyl (C=O) groups is 2. The number of ether oxygens (including phenoxy) is 3. The molecule has 1 amide bonds. The number of rotatable bonds is 13. The predicted molar refractivity (Wildman–Crippen MR) is 103 cm³/mol. The van der Waals surface area contributed by atoms with Crippen LogP contribution in [0.2, 0.25) is 0 Å². The molecule has 3 N–H and O–H groups in total. The molecule has 0 aliphatic heterocycles. The van der Waals surface area contributed by atoms with Gasteiger partial charge >= 0.3 is 13.7 Å². The number of benzene rings is 1. The van der Waals surface area contributed by atoms with Crippen molar-refractivity contribution in [2.75, 3.05) is 32.5 Å². The summed E-state index contributed by atoms with van der Waals surface area (Å²) in [5, 5.41) is 2.53. The van der Waals surface area contributed by atoms with E-state index >= 15 is 0 Å². The maximum absolute atomic E-state index is 12.2. The summed E-state index contributed by atoms with van der Waals surface area (Å²) < 4.78 is 27.1. The van der Waals surface area contributed by atoms with Gasteiger partial charge in [0.25, 0.3) is 0 Å². The SMILES string of the molecule is C=CCOc1c(OCCNC(=O)OCCCC)cccc1C(=O)CP(=O)(O)O. The minimum Gasteiger partial charge on any atom is -0.488 e. The third kappa shape index (κ3) is 9.03. The van der Waals surface area contributed by atoms with Gasteiger partial charge in [-0.15, -0.1) is 0 Å². The predicted octanol–water partition coefficient (Wildman–Crippen LogP) is 2.52. The summed E-state index contributed by atoms with van der Waals surface area (Å²) in [7, 11) is -4.52. The number of para-hydroxylation sites is 1. The van der Waals surface area contributed by atoms with Crippen molar-refractivity contribution in [2.45, 2.75) is 19.8 Å². The lowest BCUT2D eigenvalue weighted by molar-refractivity contribution is 0.101. The van der Waals surface area contributed by atoms with Crippen molar-refractivity contribution in [3.63, 3.8) is 0 Å². The third-order valence-corrected chi connectivity index (χ3v) is 4.03. The van der Waals surface area contributed by atoms with Gasteiger partial charge in [-0.3, -0.25) is 9.36 Å². The number of carbonyl (C=O) groups excluding carboxylic acids is 2. The van der Waals surface area contributed by atoms with E-state index in [0.717, 1.165) is 12.8 Å². The maximum Gasteiger partial charge on any atom is 0.407 e. The van der Waals surface area contributed by atoms with Gasteiger partial charge in [0.05, 0.1) is 18.7 Å². The second kappa shape index (κ2) is 12.2. The first-order valence-electron chi connectivity index (χ1n) is 8.76. The molecule has 10 heteroatoms. The number of Topliss-reactive ketones (excluding diaryl/α,β-unsaturated/α-hetero) is 1. The lowest BCUT2D eigenvalue weighted by atomic mass is 10.1. The molecule has 0 saturated heterocycles. The fourth-order valence-corrected chi connectivity index (χ4v) is 2.63. The fourth-order valence-electron chi connectivity index (χ4n) is 2.09. The normalized spacial score (nSPS) is 10.8. The van der Waals surface area contributed by atoms with Crippen LogP contribution in [0, 0.1) is 0 Å². The Labute approximate surface area is 163 Å². The van der Waals surface area contributed by atoms with Crippen LogP contribution < -0.4 is 14.8 Å². The molecule has 0 spiro atoms. The van der Waals surface area contributed by atoms with Crippen molar-refractivity contribution in [2.24, 2.45) is 0 Å². The number of nitrogens with one attached hydrogen (secondary N) is 1. The quantitative estimate of drug-likeness (QED) is 0.194. The van der Waals surface area contributed by atoms with Crippen LogP contribution in [0.25, 0.3) is 0 Å². The molecule has 1 aromatic carbocycles. The Bertz CT molecular complexity index is 716. The van der Waals surface area contributed by atoms with E-state index < -0.39 is 25.6 Å². The van der Waals surface area contributed by atoms with Crippen molar-refractivity contribution in [3.05, 3.63) is 36.4 Å². The smallest absolute Gasteiger partial charge is 0.407 e. The summed E-state index contributed by atoms with van der Waals surface area (Å²) in [5.41, 5.74) is -0.00499. The van der Waals surface area contributed by atoms with Gasteiger partial charge in [-0.1, -0.05) is 32.1 Å². The van der Waals surface area contributed by atoms with Gasteiger partial charge in [0.15, 0.2) is 17.3 Å². The van der Waals surface area contributed by atoms with E-state index in [-0.39, 0.29) is 36.8 Å². The molecule has 0 atom stereocenters. The van der Waals surface area contributed by atoms with Crippen molar-refractivity contribution in [3.8, 4) is 11.5 Å². The highest BCUT2D eigenvalue weighted by molar-refractivity contribution is 7.52. The summed E-state index contributed by atoms with van der Waals surface area (Å²) in [6.45, 7) is 6.15. The highest BCUT2D eigenvalue weighted by atomic mass is 31.2. The van der Waals surface area contributed by atoms with Crippen LogP contribution >= 0.6 is 7.60 Å². The molecular weight excluding hydrogens is 389 g/mol. The summed E-state index contributed by atoms with van der Waals surface area (Å²) in [6, 6.07) is 4.45. The van der Waals surface area contributed by atoms with Crippen LogP contribution in [0.3, 0.4) is 0 Å². The van der Waals surface area contributed by atoms with E-state index in [2.05, 4.69) is 11.9 Å². The highest BCUT2D eigenvalue weighted by Crippen LogP contribution is 2.38. The number of alkyl carbamates (subject to hydrolysis) is 1. The molecule has 28 heavy (non-hydrogen) atoms. The van der Waals surface area contributed by atoms with E-state index in [1.807, 2.05) is 6.92 Å². The van der Waals surface area contributed by atoms with Gasteiger partial charge in [-0.2, -0.15) is 0 Å². The van der Waals surface area contributed by atoms with Gasteiger partial charge in [-0.05, 0) is 18.6 Å². The molecule has 0 fully saturated rings. The highest BCUT2D eigenvalue weighted by Gasteiger charge is 2.24. The molecule has 1 rings (SSSR count). The standard InChI is InChI=1S/C18H26NO8P/c1-3-5-11-27-18(21)19-9-12-25-16-8-6-7-14(17(16)26-10-4-2)15(20)13-28(22,23)24/h4,6-8H,2-3,5,9-13H2,1H3,(H,19,21)(H2,22,23,24). The zero-order valence-electron chi connectivity index (χ0n) is 15.8. The molecule has 0 aliphatic rings. The van der Waals surface area contributed by atoms with E-state index in [9.17, 15) is 14.2 Å². The Balaban J connectivity index is 2.75. The monoisotopic (exact) mass is 415 g/mol. The summed E-state index contributed by atoms with van der Waals surface area (Å²) in [5.74, 6) is -0.499. The van der Waals surface area contributed by atoms with Gasteiger partial charge in [-0.25, -0.2) is 4.79 Å². The van der Waals surface area contributed by atoms with Crippen molar-refractivity contribution >= 4 is 19.5 Å². The Hall–Kier alpha value is -2.35. The third-order valence-electron chi connectivity index (χ3n) is 3.33. The van der Waals surface area contributed by atoms with Gasteiger partial charge in [0, 0.05) is 0 Å². The van der Waals surface area contributed by atoms with E-state index in [1.54, 1.807) is 6.07 Å². The molecule has 0 aliphatic carbocycles. The number of amides is 1. The van der Waals surface area contributed by atoms with Crippen LogP contribution in [0.1, 0.15) is 30.1 Å². The van der Waals surface area contributed by atoms with Crippen molar-refractivity contribution in [1.82, 2.24) is 5.32 Å². The van der Waals surface area contributed by atoms with Crippen molar-refractivity contribution in [1.29, 1.82) is 0 Å². The second-order valence-electron chi connectivity index (χ2n) is 5.74. The molecule has 0 saturated carbocycles. The van der Waals surface area contributed by atoms with E-state index in [0.29, 0.717) is 6.61 Å². The fraction of sp³-hybridized carbons (Fsp3) is 0.444. The lowest BCUT2D eigenvalue weighted by Crippen LogP contribution is -2.29. The van der Waals surface area contributed by atoms with Gasteiger partial charge in [0.2, 0.25) is 0 Å². The largest absolute Gasteiger partial charge is 0.488 e. The van der Waals surface area contributed by atoms with Crippen LogP contribution in [0.4, 0.5) is 4.79 Å². The number of ketones is 1. The first-order valence-corrected chi connectivity index (χ1v) is 10.6. The Morgan fingerprint density at radius 3 is 2.64 bits per heavy atom. The zero-order chi connectivity index (χ0) is 21.0. The molecule has 0 radical (unpaired) electrons. The second-order valence-corrected chi connectivity index (χ2v) is 7.39. The maximum atomic E-state index is 12.2. The summed E-state index contributed by atoms with van der Waals surface area (Å²) >= 11 is 0. The molecule has 0 unspecified atom stereocenters. The van der Waals surface area contributed by atoms with Crippen LogP contribution in [-0.4, -0.2) is 54.2 Å². The summed E-state index contributed by atoms with van der Waals surface area (Å²) in [4.78, 5) is 41.8. The van der Waals surface area contributed by atoms with E-state index in [1.165, 1.54) is 18.2 Å². The molecule has 0 heterocycles. The molecule has 1 aromatic rings. The first kappa shape index (κ1) is 23.7. The van der Waals surface area contributed by atoms with Crippen LogP contribution in [0.5, 0.6) is 11.5 Å². The van der Waals surface area contributed by atoms with Crippen LogP contribution in [0.15, 0.2) is 30.9 Å². The minimum absolute atomic E-state index is 0.00499. The van der Waals surface area contributed by atoms with Crippen LogP contribution in [-0.2, 0) is 9.30 Å². The number of hydrogen-bond acceptors (Lipinski definition) is 6. The average Bonchev–Trinajstić information content (AvgIpc) is 2.62. The number of unbranched alkanes of at least 4 members (excludes halogenated alkanes) is 1. The molecular formula is C18H26NO8P. The zero-order valence-corrected chi connectivity index (χ0v) is 16.7. The summed E-state index contributed by atoms with van der Waals surface area (Å²) in [6.07, 6.45) is 1.67. The topological polar surface area (TPSA) is 131 Å². The molecule has 0 bridgehead atoms. The minimum atomic E-state index is -4.52. The average molecular weight is 415 g/mol. The van der Waals surface area contributed by atoms with E-state index in [4.69, 9.17) is 24.0 Å².